The fourth-order valence-corrected chi connectivity index (χ4v) is 2.12. The molecule has 0 saturated carbocycles. The maximum atomic E-state index is 12.4. The third kappa shape index (κ3) is 2.88. The predicted octanol–water partition coefficient (Wildman–Crippen LogP) is 1.02. The topological polar surface area (TPSA) is 32.8 Å². The highest BCUT2D eigenvalue weighted by molar-refractivity contribution is 5.95. The van der Waals surface area contributed by atoms with E-state index in [1.165, 1.54) is 7.11 Å². The van der Waals surface area contributed by atoms with Crippen LogP contribution in [0.2, 0.25) is 0 Å². The summed E-state index contributed by atoms with van der Waals surface area (Å²) in [6.07, 6.45) is 7.15. The molecule has 1 fully saturated rings. The van der Waals surface area contributed by atoms with E-state index >= 15 is 0 Å². The van der Waals surface area contributed by atoms with E-state index in [1.807, 2.05) is 4.90 Å². The van der Waals surface area contributed by atoms with Gasteiger partial charge >= 0.3 is 0 Å². The van der Waals surface area contributed by atoms with Crippen LogP contribution in [0, 0.1) is 12.3 Å². The van der Waals surface area contributed by atoms with Gasteiger partial charge in [-0.1, -0.05) is 0 Å². The smallest absolute Gasteiger partial charge is 0.254 e. The monoisotopic (exact) mass is 257 g/mol. The Morgan fingerprint density at radius 1 is 1.32 bits per heavy atom. The molecule has 1 aliphatic rings. The van der Waals surface area contributed by atoms with Gasteiger partial charge in [0.2, 0.25) is 0 Å². The lowest BCUT2D eigenvalue weighted by Crippen LogP contribution is -2.47. The molecule has 19 heavy (non-hydrogen) atoms. The Balaban J connectivity index is 2.18. The number of hydrogen-bond donors (Lipinski definition) is 0. The van der Waals surface area contributed by atoms with Crippen molar-refractivity contribution in [1.82, 2.24) is 9.80 Å². The summed E-state index contributed by atoms with van der Waals surface area (Å²) >= 11 is 0. The summed E-state index contributed by atoms with van der Waals surface area (Å²) in [5, 5.41) is 0. The van der Waals surface area contributed by atoms with Gasteiger partial charge in [-0.25, -0.2) is 0 Å². The fourth-order valence-electron chi connectivity index (χ4n) is 2.12. The van der Waals surface area contributed by atoms with Crippen LogP contribution in [0.3, 0.4) is 0 Å². The van der Waals surface area contributed by atoms with E-state index in [-0.39, 0.29) is 5.91 Å². The van der Waals surface area contributed by atoms with Crippen LogP contribution in [-0.4, -0.2) is 56.0 Å². The Morgan fingerprint density at radius 3 is 2.58 bits per heavy atom. The molecule has 99 valence electrons. The number of benzene rings is 1. The molecule has 0 atom stereocenters. The highest BCUT2D eigenvalue weighted by Gasteiger charge is 2.21. The molecular weight excluding hydrogens is 240 g/mol. The Labute approximate surface area is 114 Å². The summed E-state index contributed by atoms with van der Waals surface area (Å²) in [4.78, 5) is 16.4. The molecule has 0 unspecified atom stereocenters. The minimum absolute atomic E-state index is 0.0166. The van der Waals surface area contributed by atoms with E-state index in [9.17, 15) is 4.79 Å². The van der Waals surface area contributed by atoms with Gasteiger partial charge in [0.05, 0.1) is 12.7 Å². The molecule has 0 aromatic heterocycles. The molecule has 1 aromatic carbocycles. The number of carbonyl (C=O) groups excluding carboxylic acids is 1. The molecule has 0 bridgehead atoms. The molecular formula is C15H17N2O2. The van der Waals surface area contributed by atoms with Gasteiger partial charge in [-0.2, -0.15) is 0 Å². The molecule has 1 heterocycles. The van der Waals surface area contributed by atoms with Crippen LogP contribution in [0.4, 0.5) is 0 Å². The summed E-state index contributed by atoms with van der Waals surface area (Å²) in [6, 6.07) is 5.09. The Morgan fingerprint density at radius 2 is 2.00 bits per heavy atom. The van der Waals surface area contributed by atoms with Crippen molar-refractivity contribution in [3.8, 4) is 11.7 Å². The second-order valence-corrected chi connectivity index (χ2v) is 4.64. The van der Waals surface area contributed by atoms with Crippen LogP contribution < -0.4 is 4.74 Å². The molecule has 4 nitrogen and oxygen atoms in total. The highest BCUT2D eigenvalue weighted by atomic mass is 16.5. The van der Waals surface area contributed by atoms with E-state index < -0.39 is 0 Å². The average Bonchev–Trinajstić information content (AvgIpc) is 2.46. The van der Waals surface area contributed by atoms with E-state index in [2.05, 4.69) is 17.9 Å². The van der Waals surface area contributed by atoms with Crippen LogP contribution in [-0.2, 0) is 0 Å². The zero-order valence-corrected chi connectivity index (χ0v) is 11.3. The number of likely N-dealkylation sites (N-methyl/N-ethyl adjacent to an activating group) is 1. The van der Waals surface area contributed by atoms with E-state index in [0.29, 0.717) is 16.9 Å². The van der Waals surface area contributed by atoms with Gasteiger partial charge in [0, 0.05) is 31.7 Å². The highest BCUT2D eigenvalue weighted by Crippen LogP contribution is 2.20. The van der Waals surface area contributed by atoms with Gasteiger partial charge in [-0.15, -0.1) is 0 Å². The van der Waals surface area contributed by atoms with Gasteiger partial charge < -0.3 is 14.5 Å². The molecule has 4 heteroatoms. The van der Waals surface area contributed by atoms with Crippen molar-refractivity contribution in [3.63, 3.8) is 0 Å². The van der Waals surface area contributed by atoms with Crippen molar-refractivity contribution in [2.24, 2.45) is 0 Å². The number of amides is 1. The molecule has 1 aromatic rings. The Kier molecular flexibility index (Phi) is 4.08. The summed E-state index contributed by atoms with van der Waals surface area (Å²) < 4.78 is 5.17. The number of nitrogens with zero attached hydrogens (tertiary/aromatic N) is 2. The number of hydrogen-bond acceptors (Lipinski definition) is 3. The van der Waals surface area contributed by atoms with Gasteiger partial charge in [0.25, 0.3) is 5.91 Å². The first-order chi connectivity index (χ1) is 9.15. The number of piperazine rings is 1. The Bertz CT molecular complexity index is 511. The summed E-state index contributed by atoms with van der Waals surface area (Å²) in [5.74, 6) is 2.82. The maximum Gasteiger partial charge on any atom is 0.254 e. The molecule has 0 aliphatic carbocycles. The lowest BCUT2D eigenvalue weighted by atomic mass is 10.1. The van der Waals surface area contributed by atoms with E-state index in [1.54, 1.807) is 18.2 Å². The van der Waals surface area contributed by atoms with Gasteiger partial charge in [-0.05, 0) is 37.6 Å². The zero-order valence-electron chi connectivity index (χ0n) is 11.3. The number of ether oxygens (including phenoxy) is 1. The zero-order chi connectivity index (χ0) is 13.8. The minimum atomic E-state index is 0.0166. The minimum Gasteiger partial charge on any atom is -0.495 e. The molecule has 0 N–H and O–H groups in total. The second-order valence-electron chi connectivity index (χ2n) is 4.64. The third-order valence-electron chi connectivity index (χ3n) is 3.37. The third-order valence-corrected chi connectivity index (χ3v) is 3.37. The largest absolute Gasteiger partial charge is 0.495 e. The lowest BCUT2D eigenvalue weighted by Gasteiger charge is -2.32. The van der Waals surface area contributed by atoms with Crippen molar-refractivity contribution >= 4 is 5.91 Å². The quantitative estimate of drug-likeness (QED) is 0.742. The normalized spacial score (nSPS) is 15.9. The van der Waals surface area contributed by atoms with Gasteiger partial charge in [0.15, 0.2) is 0 Å². The average molecular weight is 257 g/mol. The molecule has 1 radical (unpaired) electrons. The first-order valence-corrected chi connectivity index (χ1v) is 6.24. The van der Waals surface area contributed by atoms with Crippen molar-refractivity contribution in [2.45, 2.75) is 0 Å². The first-order valence-electron chi connectivity index (χ1n) is 6.24. The van der Waals surface area contributed by atoms with Crippen molar-refractivity contribution in [3.05, 3.63) is 35.7 Å². The van der Waals surface area contributed by atoms with E-state index in [0.717, 1.165) is 26.2 Å². The van der Waals surface area contributed by atoms with Crippen LogP contribution in [0.5, 0.6) is 5.75 Å². The number of methoxy groups -OCH3 is 1. The van der Waals surface area contributed by atoms with E-state index in [4.69, 9.17) is 11.2 Å². The van der Waals surface area contributed by atoms with Crippen molar-refractivity contribution < 1.29 is 9.53 Å². The SMILES string of the molecule is [C]#Cc1ccc(C(=O)N2CCN(C)CC2)cc1OC. The second kappa shape index (κ2) is 5.77. The number of rotatable bonds is 2. The van der Waals surface area contributed by atoms with Crippen molar-refractivity contribution in [1.29, 1.82) is 0 Å². The molecule has 1 aliphatic heterocycles. The molecule has 2 rings (SSSR count). The molecule has 1 amide bonds. The summed E-state index contributed by atoms with van der Waals surface area (Å²) in [7, 11) is 3.58. The predicted molar refractivity (Wildman–Crippen MR) is 72.6 cm³/mol. The lowest BCUT2D eigenvalue weighted by molar-refractivity contribution is 0.0664. The standard InChI is InChI=1S/C15H17N2O2/c1-4-12-5-6-13(11-14(12)19-3)15(18)17-9-7-16(2)8-10-17/h5-6,11H,7-10H2,2-3H3. The van der Waals surface area contributed by atoms with Crippen LogP contribution in [0.25, 0.3) is 0 Å². The van der Waals surface area contributed by atoms with Crippen LogP contribution in [0.15, 0.2) is 18.2 Å². The van der Waals surface area contributed by atoms with Gasteiger partial charge in [-0.3, -0.25) is 4.79 Å². The maximum absolute atomic E-state index is 12.4. The van der Waals surface area contributed by atoms with Crippen molar-refractivity contribution in [2.75, 3.05) is 40.3 Å². The summed E-state index contributed by atoms with van der Waals surface area (Å²) in [5.41, 5.74) is 1.15. The van der Waals surface area contributed by atoms with Crippen LogP contribution >= 0.6 is 0 Å². The molecule has 1 saturated heterocycles. The van der Waals surface area contributed by atoms with Gasteiger partial charge in [0.1, 0.15) is 5.75 Å². The summed E-state index contributed by atoms with van der Waals surface area (Å²) in [6.45, 7) is 3.29. The fraction of sp³-hybridized carbons (Fsp3) is 0.400. The number of carbonyl (C=O) groups is 1. The molecule has 0 spiro atoms. The Hall–Kier alpha value is -1.99. The first kappa shape index (κ1) is 13.4. The van der Waals surface area contributed by atoms with Crippen LogP contribution in [0.1, 0.15) is 15.9 Å².